The van der Waals surface area contributed by atoms with Crippen LogP contribution in [0.3, 0.4) is 0 Å². The summed E-state index contributed by atoms with van der Waals surface area (Å²) in [7, 11) is 0. The lowest BCUT2D eigenvalue weighted by molar-refractivity contribution is -0.274. The molecule has 1 N–H and O–H groups in total. The maximum atomic E-state index is 13.3. The molecule has 0 atom stereocenters. The molecule has 0 aromatic heterocycles. The summed E-state index contributed by atoms with van der Waals surface area (Å²) in [4.78, 5) is 27.5. The van der Waals surface area contributed by atoms with Crippen molar-refractivity contribution in [1.29, 1.82) is 0 Å². The summed E-state index contributed by atoms with van der Waals surface area (Å²) in [5.41, 5.74) is 1.23. The molecule has 1 aliphatic heterocycles. The number of benzene rings is 3. The van der Waals surface area contributed by atoms with Crippen LogP contribution in [0.25, 0.3) is 5.57 Å². The summed E-state index contributed by atoms with van der Waals surface area (Å²) in [6.07, 6.45) is -4.82. The fourth-order valence-electron chi connectivity index (χ4n) is 3.25. The second-order valence-corrected chi connectivity index (χ2v) is 7.18. The number of amides is 2. The lowest BCUT2D eigenvalue weighted by Gasteiger charge is -2.15. The topological polar surface area (TPSA) is 58.6 Å². The lowest BCUT2D eigenvalue weighted by Crippen LogP contribution is -2.32. The zero-order valence-electron chi connectivity index (χ0n) is 16.2. The van der Waals surface area contributed by atoms with E-state index in [1.807, 2.05) is 0 Å². The first-order valence-corrected chi connectivity index (χ1v) is 9.67. The first kappa shape index (κ1) is 21.5. The third kappa shape index (κ3) is 4.45. The minimum Gasteiger partial charge on any atom is -0.406 e. The van der Waals surface area contributed by atoms with Crippen LogP contribution in [0.15, 0.2) is 84.6 Å². The Morgan fingerprint density at radius 1 is 0.844 bits per heavy atom. The van der Waals surface area contributed by atoms with Gasteiger partial charge in [-0.05, 0) is 48.0 Å². The van der Waals surface area contributed by atoms with Crippen molar-refractivity contribution < 1.29 is 27.5 Å². The van der Waals surface area contributed by atoms with Crippen molar-refractivity contribution >= 4 is 40.4 Å². The third-order valence-corrected chi connectivity index (χ3v) is 4.81. The van der Waals surface area contributed by atoms with Crippen molar-refractivity contribution in [1.82, 2.24) is 0 Å². The molecule has 0 saturated carbocycles. The first-order valence-electron chi connectivity index (χ1n) is 9.30. The molecular formula is C23H14ClF3N2O3. The van der Waals surface area contributed by atoms with Gasteiger partial charge in [0.1, 0.15) is 11.4 Å². The molecule has 3 aromatic carbocycles. The van der Waals surface area contributed by atoms with Crippen LogP contribution in [0.2, 0.25) is 5.02 Å². The molecule has 0 spiro atoms. The van der Waals surface area contributed by atoms with Crippen LogP contribution in [0, 0.1) is 0 Å². The standard InChI is InChI=1S/C23H14ClF3N2O3/c24-15-7-4-8-17(13-15)29-21(30)19(14-5-2-1-3-6-14)20(22(29)31)28-16-9-11-18(12-10-16)32-23(25,26)27/h1-13,28H. The smallest absolute Gasteiger partial charge is 0.406 e. The number of carbonyl (C=O) groups is 2. The maximum absolute atomic E-state index is 13.3. The molecule has 2 amide bonds. The highest BCUT2D eigenvalue weighted by molar-refractivity contribution is 6.46. The highest BCUT2D eigenvalue weighted by Crippen LogP contribution is 2.35. The number of nitrogens with zero attached hydrogens (tertiary/aromatic N) is 1. The van der Waals surface area contributed by atoms with E-state index in [0.717, 1.165) is 17.0 Å². The fraction of sp³-hybridized carbons (Fsp3) is 0.0435. The number of nitrogens with one attached hydrogen (secondary N) is 1. The predicted octanol–water partition coefficient (Wildman–Crippen LogP) is 5.64. The molecule has 0 bridgehead atoms. The Morgan fingerprint density at radius 2 is 1.53 bits per heavy atom. The van der Waals surface area contributed by atoms with Crippen molar-refractivity contribution in [2.24, 2.45) is 0 Å². The zero-order chi connectivity index (χ0) is 22.9. The van der Waals surface area contributed by atoms with Crippen molar-refractivity contribution in [3.05, 3.63) is 95.1 Å². The van der Waals surface area contributed by atoms with Gasteiger partial charge in [-0.15, -0.1) is 13.2 Å². The largest absolute Gasteiger partial charge is 0.573 e. The van der Waals surface area contributed by atoms with Crippen LogP contribution < -0.4 is 15.0 Å². The van der Waals surface area contributed by atoms with Crippen molar-refractivity contribution in [2.45, 2.75) is 6.36 Å². The van der Waals surface area contributed by atoms with Crippen molar-refractivity contribution in [2.75, 3.05) is 10.2 Å². The summed E-state index contributed by atoms with van der Waals surface area (Å²) in [5.74, 6) is -1.58. The minimum absolute atomic E-state index is 0.00864. The minimum atomic E-state index is -4.82. The third-order valence-electron chi connectivity index (χ3n) is 4.57. The second-order valence-electron chi connectivity index (χ2n) is 6.74. The number of anilines is 2. The Balaban J connectivity index is 1.72. The summed E-state index contributed by atoms with van der Waals surface area (Å²) in [6.45, 7) is 0. The average molecular weight is 459 g/mol. The molecule has 9 heteroatoms. The van der Waals surface area contributed by atoms with Gasteiger partial charge in [0, 0.05) is 10.7 Å². The SMILES string of the molecule is O=C1C(Nc2ccc(OC(F)(F)F)cc2)=C(c2ccccc2)C(=O)N1c1cccc(Cl)c1. The van der Waals surface area contributed by atoms with Gasteiger partial charge >= 0.3 is 6.36 Å². The normalized spacial score (nSPS) is 14.2. The molecule has 0 saturated heterocycles. The molecule has 5 nitrogen and oxygen atoms in total. The van der Waals surface area contributed by atoms with E-state index in [1.54, 1.807) is 48.5 Å². The molecule has 1 heterocycles. The number of ether oxygens (including phenoxy) is 1. The lowest BCUT2D eigenvalue weighted by atomic mass is 10.0. The number of rotatable bonds is 5. The average Bonchev–Trinajstić information content (AvgIpc) is 2.98. The number of alkyl halides is 3. The van der Waals surface area contributed by atoms with Crippen molar-refractivity contribution in [3.63, 3.8) is 0 Å². The van der Waals surface area contributed by atoms with E-state index in [4.69, 9.17) is 11.6 Å². The van der Waals surface area contributed by atoms with E-state index in [1.165, 1.54) is 18.2 Å². The van der Waals surface area contributed by atoms with Gasteiger partial charge in [-0.25, -0.2) is 4.90 Å². The van der Waals surface area contributed by atoms with Crippen LogP contribution in [-0.4, -0.2) is 18.2 Å². The van der Waals surface area contributed by atoms with E-state index < -0.39 is 23.9 Å². The highest BCUT2D eigenvalue weighted by Gasteiger charge is 2.40. The Labute approximate surface area is 185 Å². The Kier molecular flexibility index (Phi) is 5.63. The molecule has 4 rings (SSSR count). The first-order chi connectivity index (χ1) is 15.2. The fourth-order valence-corrected chi connectivity index (χ4v) is 3.44. The Morgan fingerprint density at radius 3 is 2.16 bits per heavy atom. The van der Waals surface area contributed by atoms with Crippen LogP contribution in [-0.2, 0) is 9.59 Å². The van der Waals surface area contributed by atoms with E-state index >= 15 is 0 Å². The zero-order valence-corrected chi connectivity index (χ0v) is 16.9. The maximum Gasteiger partial charge on any atom is 0.573 e. The molecule has 0 aliphatic carbocycles. The summed E-state index contributed by atoms with van der Waals surface area (Å²) in [6, 6.07) is 19.7. The van der Waals surface area contributed by atoms with Gasteiger partial charge in [-0.1, -0.05) is 48.0 Å². The van der Waals surface area contributed by atoms with Gasteiger partial charge in [0.05, 0.1) is 11.3 Å². The highest BCUT2D eigenvalue weighted by atomic mass is 35.5. The quantitative estimate of drug-likeness (QED) is 0.503. The Bertz CT molecular complexity index is 1210. The monoisotopic (exact) mass is 458 g/mol. The van der Waals surface area contributed by atoms with Gasteiger partial charge in [0.2, 0.25) is 0 Å². The van der Waals surface area contributed by atoms with Gasteiger partial charge in [-0.2, -0.15) is 0 Å². The number of hydrogen-bond donors (Lipinski definition) is 1. The van der Waals surface area contributed by atoms with E-state index in [9.17, 15) is 22.8 Å². The molecule has 1 aliphatic rings. The van der Waals surface area contributed by atoms with Gasteiger partial charge in [-0.3, -0.25) is 9.59 Å². The van der Waals surface area contributed by atoms with Gasteiger partial charge in [0.15, 0.2) is 0 Å². The predicted molar refractivity (Wildman–Crippen MR) is 114 cm³/mol. The van der Waals surface area contributed by atoms with Crippen LogP contribution >= 0.6 is 11.6 Å². The Hall–Kier alpha value is -3.78. The number of imide groups is 1. The number of carbonyl (C=O) groups excluding carboxylic acids is 2. The molecule has 3 aromatic rings. The molecule has 162 valence electrons. The molecular weight excluding hydrogens is 445 g/mol. The van der Waals surface area contributed by atoms with Crippen molar-refractivity contribution in [3.8, 4) is 5.75 Å². The summed E-state index contributed by atoms with van der Waals surface area (Å²) < 4.78 is 41.0. The molecule has 32 heavy (non-hydrogen) atoms. The number of halogens is 4. The summed E-state index contributed by atoms with van der Waals surface area (Å²) >= 11 is 6.03. The van der Waals surface area contributed by atoms with E-state index in [-0.39, 0.29) is 11.3 Å². The van der Waals surface area contributed by atoms with E-state index in [0.29, 0.717) is 22.0 Å². The summed E-state index contributed by atoms with van der Waals surface area (Å²) in [5, 5.41) is 3.22. The van der Waals surface area contributed by atoms with Crippen LogP contribution in [0.1, 0.15) is 5.56 Å². The number of hydrogen-bond acceptors (Lipinski definition) is 4. The molecule has 0 radical (unpaired) electrons. The second kappa shape index (κ2) is 8.39. The molecule has 0 fully saturated rings. The van der Waals surface area contributed by atoms with Crippen LogP contribution in [0.5, 0.6) is 5.75 Å². The van der Waals surface area contributed by atoms with Gasteiger partial charge < -0.3 is 10.1 Å². The van der Waals surface area contributed by atoms with Crippen LogP contribution in [0.4, 0.5) is 24.5 Å². The van der Waals surface area contributed by atoms with E-state index in [2.05, 4.69) is 10.1 Å². The molecule has 0 unspecified atom stereocenters. The van der Waals surface area contributed by atoms with Gasteiger partial charge in [0.25, 0.3) is 11.8 Å².